The van der Waals surface area contributed by atoms with Gasteiger partial charge in [0, 0.05) is 293 Å². The van der Waals surface area contributed by atoms with Crippen molar-refractivity contribution in [3.63, 3.8) is 0 Å². The number of Topliss-reactive ketones (excluding diaryl/α,β-unsaturated/α-hetero) is 1. The summed E-state index contributed by atoms with van der Waals surface area (Å²) in [6, 6.07) is 57.6. The molecule has 0 aliphatic heterocycles. The summed E-state index contributed by atoms with van der Waals surface area (Å²) in [5.74, 6) is 0.0946. The van der Waals surface area contributed by atoms with Crippen molar-refractivity contribution in [2.75, 3.05) is 63.5 Å². The van der Waals surface area contributed by atoms with Crippen LogP contribution in [-0.2, 0) is 360 Å². The van der Waals surface area contributed by atoms with E-state index in [1.54, 1.807) is 91.9 Å². The zero-order valence-electron chi connectivity index (χ0n) is 76.4. The smallest absolute Gasteiger partial charge is 0.387 e. The van der Waals surface area contributed by atoms with Crippen LogP contribution in [0.15, 0.2) is 250 Å². The minimum absolute atomic E-state index is 0. The summed E-state index contributed by atoms with van der Waals surface area (Å²) in [5, 5.41) is 37.5. The maximum absolute atomic E-state index is 12.0. The van der Waals surface area contributed by atoms with Crippen molar-refractivity contribution in [3.05, 3.63) is 356 Å². The molecule has 9 aromatic rings. The number of nitro groups is 1. The summed E-state index contributed by atoms with van der Waals surface area (Å²) >= 11 is 8.66. The Hall–Kier alpha value is -1.34. The van der Waals surface area contributed by atoms with E-state index in [2.05, 4.69) is 58.4 Å². The molecule has 0 aliphatic carbocycles. The van der Waals surface area contributed by atoms with Crippen LogP contribution in [0, 0.1) is 110 Å². The van der Waals surface area contributed by atoms with Gasteiger partial charge in [-0.25, -0.2) is 67.3 Å². The number of hydrogen-bond donors (Lipinski definition) is 0. The van der Waals surface area contributed by atoms with E-state index in [-0.39, 0.29) is 385 Å². The van der Waals surface area contributed by atoms with Crippen LogP contribution in [0.5, 0.6) is 17.2 Å². The number of para-hydroxylation sites is 1. The molecule has 34 nitrogen and oxygen atoms in total. The quantitative estimate of drug-likeness (QED) is 0.0291. The third-order valence-electron chi connectivity index (χ3n) is 14.3. The molecule has 0 saturated heterocycles. The number of nitro benzene ring substituents is 1. The van der Waals surface area contributed by atoms with E-state index >= 15 is 0 Å². The molecule has 134 heavy (non-hydrogen) atoms. The Labute approximate surface area is 1010 Å². The molecule has 0 amide bonds. The van der Waals surface area contributed by atoms with E-state index < -0.39 is 119 Å². The standard InChI is InChI=1S/C15H13N2O3S.C10H12NO3S.C9H7F2N2O3S.C9H9N2O2S.C8H10NO3S.C7H7BrNO2S.C7H6ClN2O4S.C7H8NO2S.8CH3.8Y/c1-17-21(18,19)15-9-5-8-14(13(15)10-16)20-11-12-6-3-2-4-7-12;1-8(12)7-9-3-5-10(6-4-9)15(13,14)11-2;1-13-17(14,15)8-4-2-3-7(6(8)5-12)16-9(10)11;1-7-4-3-5-9(8(7)6-10)14(12,13)11-2;1-9-13(10,11)8-6-4-3-5-7(8)12-2;1-9-12(10,11)7-5-3-2-4-6(7)8;1-9-15(13,14)7-3-2-5(8)4-6(7)10(11)12;1-8-11(9,10)7-5-3-2-4-6-7;;;;;;;;;;;;;;;;/h2-9H,11H2,1H3;3-6H,7H2,1-2H3;2-4,9H,1H3;3-5H,1-2H3;3-6H,1-2H3;2-5H,1H3;2-4H,1H3;2-6H,1H3;8*1H3;;;;;;;;/q16*-1;;;;;;;;. The minimum atomic E-state index is -4.02. The van der Waals surface area contributed by atoms with Crippen LogP contribution in [-0.4, -0.2) is 148 Å². The first kappa shape index (κ1) is 166. The fraction of sp³-hybridized carbons (Fsp3) is 0.175. The van der Waals surface area contributed by atoms with Gasteiger partial charge >= 0.3 is 6.61 Å². The molecule has 0 heterocycles. The summed E-state index contributed by atoms with van der Waals surface area (Å²) in [4.78, 5) is 20.2. The normalized spacial score (nSPS) is 9.86. The molecule has 9 aromatic carbocycles. The Morgan fingerprint density at radius 1 is 0.403 bits per heavy atom. The molecule has 0 saturated carbocycles. The minimum Gasteiger partial charge on any atom is -0.547 e. The van der Waals surface area contributed by atoms with Crippen LogP contribution >= 0.6 is 27.5 Å². The summed E-state index contributed by atoms with van der Waals surface area (Å²) in [5.41, 5.74) is 1.44. The van der Waals surface area contributed by atoms with Crippen LogP contribution in [0.4, 0.5) is 14.5 Å². The van der Waals surface area contributed by atoms with Crippen LogP contribution in [0.1, 0.15) is 40.3 Å². The summed E-state index contributed by atoms with van der Waals surface area (Å²) < 4.78 is 247. The summed E-state index contributed by atoms with van der Waals surface area (Å²) in [7, 11) is -18.5. The Morgan fingerprint density at radius 2 is 0.716 bits per heavy atom. The molecular weight excluding hydrogens is 2600 g/mol. The number of ketones is 1. The Morgan fingerprint density at radius 3 is 1.09 bits per heavy atom. The van der Waals surface area contributed by atoms with Crippen molar-refractivity contribution >= 4 is 119 Å². The summed E-state index contributed by atoms with van der Waals surface area (Å²) in [6.45, 7) is 0.292. The van der Waals surface area contributed by atoms with Crippen LogP contribution in [0.25, 0.3) is 37.8 Å². The van der Waals surface area contributed by atoms with E-state index in [0.717, 1.165) is 49.5 Å². The fourth-order valence-electron chi connectivity index (χ4n) is 8.52. The number of ether oxygens (including phenoxy) is 3. The van der Waals surface area contributed by atoms with E-state index in [9.17, 15) is 96.3 Å². The predicted molar refractivity (Wildman–Crippen MR) is 491 cm³/mol. The number of methoxy groups -OCH3 is 1. The van der Waals surface area contributed by atoms with Gasteiger partial charge in [0.25, 0.3) is 5.69 Å². The van der Waals surface area contributed by atoms with Gasteiger partial charge in [0.05, 0.1) is 42.1 Å². The monoisotopic (exact) mass is 2700 g/mol. The molecule has 0 bridgehead atoms. The average molecular weight is 2700 g/mol. The van der Waals surface area contributed by atoms with Gasteiger partial charge in [0.1, 0.15) is 144 Å². The zero-order valence-corrected chi connectivity index (χ0v) is 108. The van der Waals surface area contributed by atoms with Gasteiger partial charge in [0.15, 0.2) is 0 Å². The molecule has 0 aliphatic rings. The van der Waals surface area contributed by atoms with Gasteiger partial charge in [0.2, 0.25) is 0 Å². The predicted octanol–water partition coefficient (Wildman–Crippen LogP) is 18.2. The number of halogens is 4. The van der Waals surface area contributed by atoms with Crippen molar-refractivity contribution in [3.8, 4) is 35.5 Å². The molecule has 0 N–H and O–H groups in total. The molecule has 0 unspecified atom stereocenters. The number of hydrogen-bond acceptors (Lipinski definition) is 25. The SMILES string of the molecule is C[N-]S(=O)(=O)c1ccc(CC(C)=O)cc1.C[N-]S(=O)(=O)c1ccc(Cl)cc1[N+](=O)[O-].C[N-]S(=O)(=O)c1cccc(C)c1C#N.C[N-]S(=O)(=O)c1cccc(OC(F)F)c1C#N.C[N-]S(=O)(=O)c1cccc(OCc2ccccc2)c1C#N.C[N-]S(=O)(=O)c1ccccc1.C[N-]S(=O)(=O)c1ccccc1Br.C[N-]S(=O)(=O)c1ccccc1OC.[CH3-].[CH3-].[CH3-].[CH3-].[CH3-].[CH3-].[CH3-].[CH3-].[Y].[Y].[Y].[Y].[Y].[Y].[Y].[Y]. The van der Waals surface area contributed by atoms with Crippen LogP contribution in [0.2, 0.25) is 5.02 Å². The molecular formula is C80H96BrClF2N12O22S8Y8-16. The molecule has 724 valence electrons. The second-order valence-electron chi connectivity index (χ2n) is 21.7. The maximum Gasteiger partial charge on any atom is 0.387 e. The molecule has 0 aromatic heterocycles. The first-order valence-electron chi connectivity index (χ1n) is 32.2. The van der Waals surface area contributed by atoms with Gasteiger partial charge < -0.3 is 111 Å². The van der Waals surface area contributed by atoms with Crippen molar-refractivity contribution in [1.82, 2.24) is 0 Å². The van der Waals surface area contributed by atoms with Crippen molar-refractivity contribution in [2.45, 2.75) is 72.7 Å². The largest absolute Gasteiger partial charge is 0.547 e. The van der Waals surface area contributed by atoms with Crippen molar-refractivity contribution in [2.24, 2.45) is 0 Å². The van der Waals surface area contributed by atoms with E-state index in [1.165, 1.54) is 129 Å². The Bertz CT molecular complexity index is 6080. The van der Waals surface area contributed by atoms with E-state index in [0.29, 0.717) is 22.2 Å². The number of benzene rings is 9. The molecule has 0 spiro atoms. The maximum atomic E-state index is 12.0. The van der Waals surface area contributed by atoms with Gasteiger partial charge in [-0.3, -0.25) is 14.9 Å². The van der Waals surface area contributed by atoms with E-state index in [4.69, 9.17) is 31.6 Å². The number of aryl methyl sites for hydroxylation is 1. The first-order chi connectivity index (χ1) is 55.2. The molecule has 54 heteroatoms. The van der Waals surface area contributed by atoms with Crippen molar-refractivity contribution in [1.29, 1.82) is 15.8 Å². The Kier molecular flexibility index (Phi) is 102. The van der Waals surface area contributed by atoms with Crippen molar-refractivity contribution < 1.29 is 362 Å². The van der Waals surface area contributed by atoms with E-state index in [1.807, 2.05) is 42.5 Å². The first-order valence-corrected chi connectivity index (χ1v) is 44.9. The number of sulfonamides is 8. The second kappa shape index (κ2) is 81.9. The molecule has 9 rings (SSSR count). The number of carbonyl (C=O) groups excluding carboxylic acids is 1. The second-order valence-corrected chi connectivity index (χ2v) is 37.1. The molecule has 8 radical (unpaired) electrons. The van der Waals surface area contributed by atoms with Gasteiger partial charge in [-0.15, -0.1) is 0 Å². The number of alkyl halides is 2. The topological polar surface area (TPSA) is 545 Å². The van der Waals surface area contributed by atoms with Crippen LogP contribution < -0.4 is 14.2 Å². The Balaban J connectivity index is -0.0000000919. The number of nitriles is 3. The average Bonchev–Trinajstić information content (AvgIpc) is 0.714. The number of rotatable bonds is 25. The van der Waals surface area contributed by atoms with Gasteiger partial charge in [-0.2, -0.15) is 80.9 Å². The number of carbonyl (C=O) groups is 1. The fourth-order valence-corrected chi connectivity index (χ4v) is 16.0. The summed E-state index contributed by atoms with van der Waals surface area (Å²) in [6.07, 6.45) is 0.323. The van der Waals surface area contributed by atoms with Crippen LogP contribution in [0.3, 0.4) is 0 Å². The third kappa shape index (κ3) is 55.7. The van der Waals surface area contributed by atoms with Gasteiger partial charge in [-0.1, -0.05) is 121 Å². The molecule has 0 fully saturated rings. The molecule has 0 atom stereocenters. The number of nitrogens with zero attached hydrogens (tertiary/aromatic N) is 12. The third-order valence-corrected chi connectivity index (χ3v) is 26.5. The zero-order chi connectivity index (χ0) is 89.6. The van der Waals surface area contributed by atoms with Gasteiger partial charge in [-0.05, 0) is 137 Å².